The summed E-state index contributed by atoms with van der Waals surface area (Å²) < 4.78 is 11.3. The van der Waals surface area contributed by atoms with E-state index in [0.717, 1.165) is 37.2 Å². The summed E-state index contributed by atoms with van der Waals surface area (Å²) in [6.45, 7) is 6.95. The maximum Gasteiger partial charge on any atom is 0.199 e. The van der Waals surface area contributed by atoms with Gasteiger partial charge < -0.3 is 9.47 Å². The quantitative estimate of drug-likeness (QED) is 0.780. The number of hydrogen-bond acceptors (Lipinski definition) is 2. The van der Waals surface area contributed by atoms with Gasteiger partial charge in [-0.1, -0.05) is 25.6 Å². The van der Waals surface area contributed by atoms with Crippen LogP contribution in [0, 0.1) is 0 Å². The van der Waals surface area contributed by atoms with Gasteiger partial charge in [0, 0.05) is 6.42 Å². The zero-order valence-electron chi connectivity index (χ0n) is 10.4. The van der Waals surface area contributed by atoms with Crippen molar-refractivity contribution in [3.63, 3.8) is 0 Å². The molecule has 0 bridgehead atoms. The van der Waals surface area contributed by atoms with Gasteiger partial charge in [-0.25, -0.2) is 0 Å². The first-order valence-corrected chi connectivity index (χ1v) is 6.36. The third kappa shape index (κ3) is 3.34. The van der Waals surface area contributed by atoms with Gasteiger partial charge in [0.1, 0.15) is 5.75 Å². The Balaban J connectivity index is 1.95. The van der Waals surface area contributed by atoms with Crippen molar-refractivity contribution in [3.05, 3.63) is 36.4 Å². The summed E-state index contributed by atoms with van der Waals surface area (Å²) in [6.07, 6.45) is 4.24. The zero-order valence-corrected chi connectivity index (χ0v) is 10.4. The van der Waals surface area contributed by atoms with Crippen LogP contribution < -0.4 is 4.74 Å². The molecule has 92 valence electrons. The first kappa shape index (κ1) is 12.2. The predicted molar refractivity (Wildman–Crippen MR) is 70.0 cm³/mol. The van der Waals surface area contributed by atoms with Crippen LogP contribution in [0.4, 0.5) is 0 Å². The smallest absolute Gasteiger partial charge is 0.199 e. The molecule has 1 unspecified atom stereocenters. The molecule has 1 saturated heterocycles. The van der Waals surface area contributed by atoms with E-state index < -0.39 is 0 Å². The Morgan fingerprint density at radius 3 is 2.71 bits per heavy atom. The molecule has 1 aromatic rings. The van der Waals surface area contributed by atoms with E-state index in [-0.39, 0.29) is 6.29 Å². The molecule has 2 nitrogen and oxygen atoms in total. The summed E-state index contributed by atoms with van der Waals surface area (Å²) in [5.74, 6) is 0.879. The van der Waals surface area contributed by atoms with Gasteiger partial charge in [-0.15, -0.1) is 0 Å². The SMILES string of the molecule is C=C(CC)c1ccc(OC2CCCCO2)cc1. The lowest BCUT2D eigenvalue weighted by atomic mass is 10.1. The number of ether oxygens (including phenoxy) is 2. The molecule has 1 atom stereocenters. The molecule has 0 spiro atoms. The highest BCUT2D eigenvalue weighted by atomic mass is 16.7. The molecule has 17 heavy (non-hydrogen) atoms. The highest BCUT2D eigenvalue weighted by Gasteiger charge is 2.14. The van der Waals surface area contributed by atoms with Crippen molar-refractivity contribution in [3.8, 4) is 5.75 Å². The average Bonchev–Trinajstić information content (AvgIpc) is 2.40. The number of hydrogen-bond donors (Lipinski definition) is 0. The van der Waals surface area contributed by atoms with Crippen molar-refractivity contribution in [2.24, 2.45) is 0 Å². The largest absolute Gasteiger partial charge is 0.465 e. The van der Waals surface area contributed by atoms with E-state index in [9.17, 15) is 0 Å². The van der Waals surface area contributed by atoms with Gasteiger partial charge in [-0.05, 0) is 42.5 Å². The Morgan fingerprint density at radius 2 is 2.12 bits per heavy atom. The van der Waals surface area contributed by atoms with Crippen LogP contribution in [0.15, 0.2) is 30.8 Å². The normalized spacial score (nSPS) is 19.9. The Kier molecular flexibility index (Phi) is 4.21. The maximum absolute atomic E-state index is 5.77. The van der Waals surface area contributed by atoms with Crippen LogP contribution in [0.3, 0.4) is 0 Å². The number of benzene rings is 1. The van der Waals surface area contributed by atoms with Crippen molar-refractivity contribution in [2.75, 3.05) is 6.61 Å². The second kappa shape index (κ2) is 5.87. The van der Waals surface area contributed by atoms with Crippen molar-refractivity contribution in [2.45, 2.75) is 38.9 Å². The van der Waals surface area contributed by atoms with Crippen LogP contribution in [0.1, 0.15) is 38.2 Å². The van der Waals surface area contributed by atoms with Crippen LogP contribution in [-0.2, 0) is 4.74 Å². The first-order chi connectivity index (χ1) is 8.29. The highest BCUT2D eigenvalue weighted by molar-refractivity contribution is 5.63. The lowest BCUT2D eigenvalue weighted by molar-refractivity contribution is -0.105. The molecule has 2 heteroatoms. The van der Waals surface area contributed by atoms with Crippen LogP contribution >= 0.6 is 0 Å². The molecule has 1 aliphatic heterocycles. The van der Waals surface area contributed by atoms with E-state index in [0.29, 0.717) is 0 Å². The van der Waals surface area contributed by atoms with Crippen molar-refractivity contribution in [1.82, 2.24) is 0 Å². The second-order valence-corrected chi connectivity index (χ2v) is 4.40. The van der Waals surface area contributed by atoms with E-state index >= 15 is 0 Å². The minimum Gasteiger partial charge on any atom is -0.465 e. The lowest BCUT2D eigenvalue weighted by Gasteiger charge is -2.23. The average molecular weight is 232 g/mol. The number of rotatable bonds is 4. The minimum atomic E-state index is -0.0658. The Bertz CT molecular complexity index is 361. The summed E-state index contributed by atoms with van der Waals surface area (Å²) in [6, 6.07) is 8.11. The van der Waals surface area contributed by atoms with Gasteiger partial charge in [0.2, 0.25) is 0 Å². The fraction of sp³-hybridized carbons (Fsp3) is 0.467. The second-order valence-electron chi connectivity index (χ2n) is 4.40. The van der Waals surface area contributed by atoms with Gasteiger partial charge in [-0.3, -0.25) is 0 Å². The first-order valence-electron chi connectivity index (χ1n) is 6.36. The molecule has 0 radical (unpaired) electrons. The summed E-state index contributed by atoms with van der Waals surface area (Å²) in [7, 11) is 0. The maximum atomic E-state index is 5.77. The molecule has 0 amide bonds. The molecule has 0 aromatic heterocycles. The van der Waals surface area contributed by atoms with Crippen LogP contribution in [-0.4, -0.2) is 12.9 Å². The summed E-state index contributed by atoms with van der Waals surface area (Å²) in [4.78, 5) is 0. The monoisotopic (exact) mass is 232 g/mol. The van der Waals surface area contributed by atoms with Gasteiger partial charge in [-0.2, -0.15) is 0 Å². The van der Waals surface area contributed by atoms with Crippen molar-refractivity contribution < 1.29 is 9.47 Å². The molecule has 1 aromatic carbocycles. The van der Waals surface area contributed by atoms with Crippen LogP contribution in [0.5, 0.6) is 5.75 Å². The molecule has 2 rings (SSSR count). The fourth-order valence-electron chi connectivity index (χ4n) is 1.93. The lowest BCUT2D eigenvalue weighted by Crippen LogP contribution is -2.24. The third-order valence-corrected chi connectivity index (χ3v) is 3.09. The van der Waals surface area contributed by atoms with Crippen LogP contribution in [0.2, 0.25) is 0 Å². The number of allylic oxidation sites excluding steroid dienone is 1. The molecule has 1 aliphatic rings. The Morgan fingerprint density at radius 1 is 1.35 bits per heavy atom. The molecule has 1 fully saturated rings. The van der Waals surface area contributed by atoms with Gasteiger partial charge >= 0.3 is 0 Å². The van der Waals surface area contributed by atoms with Gasteiger partial charge in [0.15, 0.2) is 6.29 Å². The van der Waals surface area contributed by atoms with E-state index in [1.54, 1.807) is 0 Å². The molecule has 0 saturated carbocycles. The summed E-state index contributed by atoms with van der Waals surface area (Å²) >= 11 is 0. The Hall–Kier alpha value is -1.28. The van der Waals surface area contributed by atoms with Gasteiger partial charge in [0.05, 0.1) is 6.61 Å². The summed E-state index contributed by atoms with van der Waals surface area (Å²) in [5.41, 5.74) is 2.34. The predicted octanol–water partition coefficient (Wildman–Crippen LogP) is 4.02. The summed E-state index contributed by atoms with van der Waals surface area (Å²) in [5, 5.41) is 0. The third-order valence-electron chi connectivity index (χ3n) is 3.09. The highest BCUT2D eigenvalue weighted by Crippen LogP contribution is 2.22. The molecule has 0 aliphatic carbocycles. The van der Waals surface area contributed by atoms with E-state index in [1.165, 1.54) is 12.0 Å². The van der Waals surface area contributed by atoms with Crippen molar-refractivity contribution >= 4 is 5.57 Å². The topological polar surface area (TPSA) is 18.5 Å². The molecular formula is C15H20O2. The van der Waals surface area contributed by atoms with Gasteiger partial charge in [0.25, 0.3) is 0 Å². The fourth-order valence-corrected chi connectivity index (χ4v) is 1.93. The molecule has 0 N–H and O–H groups in total. The molecular weight excluding hydrogens is 212 g/mol. The van der Waals surface area contributed by atoms with Crippen LogP contribution in [0.25, 0.3) is 5.57 Å². The standard InChI is InChI=1S/C15H20O2/c1-3-12(2)13-7-9-14(10-8-13)17-15-6-4-5-11-16-15/h7-10,15H,2-6,11H2,1H3. The molecule has 1 heterocycles. The van der Waals surface area contributed by atoms with Crippen molar-refractivity contribution in [1.29, 1.82) is 0 Å². The Labute approximate surface area is 103 Å². The minimum absolute atomic E-state index is 0.0658. The van der Waals surface area contributed by atoms with E-state index in [1.807, 2.05) is 12.1 Å². The van der Waals surface area contributed by atoms with E-state index in [2.05, 4.69) is 25.6 Å². The zero-order chi connectivity index (χ0) is 12.1. The van der Waals surface area contributed by atoms with E-state index in [4.69, 9.17) is 9.47 Å².